The van der Waals surface area contributed by atoms with E-state index in [1.54, 1.807) is 25.1 Å². The number of nitrogens with two attached hydrogens (primary N) is 1. The Hall–Kier alpha value is -3.24. The number of primary amides is 1. The summed E-state index contributed by atoms with van der Waals surface area (Å²) >= 11 is 18.3. The minimum atomic E-state index is -1.48. The summed E-state index contributed by atoms with van der Waals surface area (Å²) in [7, 11) is 0. The molecule has 42 heavy (non-hydrogen) atoms. The third kappa shape index (κ3) is 5.83. The molecule has 1 fully saturated rings. The molecule has 222 valence electrons. The van der Waals surface area contributed by atoms with Crippen molar-refractivity contribution in [2.75, 3.05) is 13.2 Å². The van der Waals surface area contributed by atoms with Crippen LogP contribution in [-0.2, 0) is 14.3 Å². The molecular formula is C25H22Cl3F2N7O5. The van der Waals surface area contributed by atoms with Crippen LogP contribution in [0.3, 0.4) is 0 Å². The number of carbonyl (C=O) groups is 1. The van der Waals surface area contributed by atoms with Crippen molar-refractivity contribution in [1.29, 1.82) is 0 Å². The van der Waals surface area contributed by atoms with E-state index in [0.717, 1.165) is 12.1 Å². The summed E-state index contributed by atoms with van der Waals surface area (Å²) in [4.78, 5) is 16.2. The standard InChI is InChI=1S/C25H22Cl3F2N7O5/c1-10-32-25(37(34-10)17-6-12(26)2-3-13(17)27)24-23(41-9-19(31)39)21(22(40)18(8-38)42-24)36-7-16(33-35-36)11-4-14(29)20(28)15(30)5-11/h2-7,18,21-24,38,40H,8-9H2,1H3,(H2,31,39)/t18-,21+,22+,23-,24-/m1/s1. The largest absolute Gasteiger partial charge is 0.394 e. The number of nitrogens with zero attached hydrogens (tertiary/aromatic N) is 6. The molecule has 4 N–H and O–H groups in total. The Kier molecular flexibility index (Phi) is 8.76. The number of rotatable bonds is 8. The molecule has 2 aromatic carbocycles. The zero-order valence-electron chi connectivity index (χ0n) is 21.5. The van der Waals surface area contributed by atoms with Gasteiger partial charge in [0.1, 0.15) is 65.2 Å². The molecule has 1 aliphatic rings. The summed E-state index contributed by atoms with van der Waals surface area (Å²) in [6.45, 7) is 0.374. The van der Waals surface area contributed by atoms with Crippen LogP contribution in [0, 0.1) is 18.6 Å². The maximum atomic E-state index is 14.1. The summed E-state index contributed by atoms with van der Waals surface area (Å²) in [5, 5.41) is 33.8. The molecule has 12 nitrogen and oxygen atoms in total. The first-order chi connectivity index (χ1) is 20.0. The lowest BCUT2D eigenvalue weighted by molar-refractivity contribution is -0.223. The van der Waals surface area contributed by atoms with Gasteiger partial charge in [0.25, 0.3) is 0 Å². The van der Waals surface area contributed by atoms with E-state index in [-0.39, 0.29) is 22.1 Å². The Balaban J connectivity index is 1.63. The second-order valence-corrected chi connectivity index (χ2v) is 10.6. The highest BCUT2D eigenvalue weighted by Crippen LogP contribution is 2.41. The number of aromatic nitrogens is 6. The second kappa shape index (κ2) is 12.2. The molecule has 0 bridgehead atoms. The Labute approximate surface area is 251 Å². The Bertz CT molecular complexity index is 1610. The maximum Gasteiger partial charge on any atom is 0.243 e. The van der Waals surface area contributed by atoms with Crippen molar-refractivity contribution in [2.45, 2.75) is 37.4 Å². The number of hydrogen-bond donors (Lipinski definition) is 3. The second-order valence-electron chi connectivity index (χ2n) is 9.36. The smallest absolute Gasteiger partial charge is 0.243 e. The normalized spacial score (nSPS) is 22.4. The van der Waals surface area contributed by atoms with E-state index >= 15 is 0 Å². The lowest BCUT2D eigenvalue weighted by Gasteiger charge is -2.43. The number of carbonyl (C=O) groups excluding carboxylic acids is 1. The van der Waals surface area contributed by atoms with Crippen molar-refractivity contribution in [3.63, 3.8) is 0 Å². The van der Waals surface area contributed by atoms with Crippen LogP contribution in [0.2, 0.25) is 15.1 Å². The molecule has 17 heteroatoms. The SMILES string of the molecule is Cc1nc([C@@H]2O[C@H](CO)[C@H](O)[C@H](n3cc(-c4cc(F)c(Cl)c(F)c4)nn3)[C@H]2OCC(N)=O)n(-c2cc(Cl)ccc2Cl)n1. The minimum Gasteiger partial charge on any atom is -0.394 e. The summed E-state index contributed by atoms with van der Waals surface area (Å²) < 4.78 is 42.8. The van der Waals surface area contributed by atoms with Gasteiger partial charge < -0.3 is 25.4 Å². The van der Waals surface area contributed by atoms with Crippen molar-refractivity contribution in [3.05, 3.63) is 74.9 Å². The lowest BCUT2D eigenvalue weighted by atomic mass is 9.91. The van der Waals surface area contributed by atoms with Gasteiger partial charge in [0.2, 0.25) is 5.91 Å². The fourth-order valence-corrected chi connectivity index (χ4v) is 5.14. The van der Waals surface area contributed by atoms with Gasteiger partial charge in [-0.3, -0.25) is 4.79 Å². The van der Waals surface area contributed by atoms with Gasteiger partial charge in [-0.25, -0.2) is 23.1 Å². The van der Waals surface area contributed by atoms with E-state index in [0.29, 0.717) is 16.5 Å². The van der Waals surface area contributed by atoms with Gasteiger partial charge in [-0.05, 0) is 37.3 Å². The van der Waals surface area contributed by atoms with E-state index < -0.39 is 66.2 Å². The van der Waals surface area contributed by atoms with Crippen LogP contribution in [-0.4, -0.2) is 77.4 Å². The Morgan fingerprint density at radius 1 is 1.19 bits per heavy atom. The van der Waals surface area contributed by atoms with E-state index in [4.69, 9.17) is 50.0 Å². The summed E-state index contributed by atoms with van der Waals surface area (Å²) in [6, 6.07) is 5.45. The van der Waals surface area contributed by atoms with E-state index in [9.17, 15) is 23.8 Å². The average Bonchev–Trinajstić information content (AvgIpc) is 3.58. The van der Waals surface area contributed by atoms with Crippen molar-refractivity contribution < 1.29 is 33.3 Å². The number of aliphatic hydroxyl groups is 2. The Morgan fingerprint density at radius 2 is 1.90 bits per heavy atom. The zero-order chi connectivity index (χ0) is 30.3. The van der Waals surface area contributed by atoms with E-state index in [1.807, 2.05) is 0 Å². The summed E-state index contributed by atoms with van der Waals surface area (Å²) in [6.07, 6.45) is -3.85. The highest BCUT2D eigenvalue weighted by atomic mass is 35.5. The maximum absolute atomic E-state index is 14.1. The van der Waals surface area contributed by atoms with Crippen LogP contribution >= 0.6 is 34.8 Å². The van der Waals surface area contributed by atoms with Gasteiger partial charge >= 0.3 is 0 Å². The average molecular weight is 645 g/mol. The molecule has 1 saturated heterocycles. The van der Waals surface area contributed by atoms with Gasteiger partial charge in [0.05, 0.1) is 23.5 Å². The number of ether oxygens (including phenoxy) is 2. The van der Waals surface area contributed by atoms with E-state index in [2.05, 4.69) is 20.4 Å². The third-order valence-corrected chi connectivity index (χ3v) is 7.43. The molecular weight excluding hydrogens is 623 g/mol. The molecule has 4 aromatic rings. The number of aryl methyl sites for hydroxylation is 1. The molecule has 5 rings (SSSR count). The summed E-state index contributed by atoms with van der Waals surface area (Å²) in [5.74, 6) is -2.41. The van der Waals surface area contributed by atoms with Crippen molar-refractivity contribution in [1.82, 2.24) is 29.8 Å². The first-order valence-electron chi connectivity index (χ1n) is 12.3. The molecule has 2 aromatic heterocycles. The van der Waals surface area contributed by atoms with E-state index in [1.165, 1.54) is 15.6 Å². The fourth-order valence-electron chi connectivity index (χ4n) is 4.67. The van der Waals surface area contributed by atoms with Crippen LogP contribution in [0.1, 0.15) is 23.8 Å². The van der Waals surface area contributed by atoms with Crippen molar-refractivity contribution >= 4 is 40.7 Å². The highest BCUT2D eigenvalue weighted by molar-refractivity contribution is 6.34. The molecule has 1 amide bonds. The van der Waals surface area contributed by atoms with Gasteiger partial charge in [-0.15, -0.1) is 5.10 Å². The minimum absolute atomic E-state index is 0.0121. The van der Waals surface area contributed by atoms with Crippen molar-refractivity contribution in [2.24, 2.45) is 5.73 Å². The van der Waals surface area contributed by atoms with Crippen LogP contribution < -0.4 is 5.73 Å². The van der Waals surface area contributed by atoms with Crippen LogP contribution in [0.4, 0.5) is 8.78 Å². The zero-order valence-corrected chi connectivity index (χ0v) is 23.8. The molecule has 0 saturated carbocycles. The van der Waals surface area contributed by atoms with Gasteiger partial charge in [0.15, 0.2) is 5.82 Å². The number of hydrogen-bond acceptors (Lipinski definition) is 9. The number of benzene rings is 2. The van der Waals surface area contributed by atoms with Crippen LogP contribution in [0.15, 0.2) is 36.5 Å². The summed E-state index contributed by atoms with van der Waals surface area (Å²) in [5.41, 5.74) is 5.74. The number of amides is 1. The topological polar surface area (TPSA) is 163 Å². The monoisotopic (exact) mass is 643 g/mol. The van der Waals surface area contributed by atoms with Crippen molar-refractivity contribution in [3.8, 4) is 16.9 Å². The number of aliphatic hydroxyl groups excluding tert-OH is 2. The molecule has 5 atom stereocenters. The third-order valence-electron chi connectivity index (χ3n) is 6.51. The predicted molar refractivity (Wildman–Crippen MR) is 145 cm³/mol. The lowest BCUT2D eigenvalue weighted by Crippen LogP contribution is -2.54. The molecule has 0 radical (unpaired) electrons. The quantitative estimate of drug-likeness (QED) is 0.245. The predicted octanol–water partition coefficient (Wildman–Crippen LogP) is 2.98. The molecule has 0 spiro atoms. The molecule has 3 heterocycles. The van der Waals surface area contributed by atoms with Crippen LogP contribution in [0.25, 0.3) is 16.9 Å². The Morgan fingerprint density at radius 3 is 2.57 bits per heavy atom. The van der Waals surface area contributed by atoms with Crippen LogP contribution in [0.5, 0.6) is 0 Å². The van der Waals surface area contributed by atoms with Gasteiger partial charge in [-0.1, -0.05) is 40.0 Å². The first-order valence-corrected chi connectivity index (χ1v) is 13.4. The van der Waals surface area contributed by atoms with Gasteiger partial charge in [-0.2, -0.15) is 5.10 Å². The van der Waals surface area contributed by atoms with Gasteiger partial charge in [0, 0.05) is 10.6 Å². The number of halogens is 5. The molecule has 0 unspecified atom stereocenters. The highest BCUT2D eigenvalue weighted by Gasteiger charge is 2.50. The molecule has 0 aliphatic carbocycles. The fraction of sp³-hybridized carbons (Fsp3) is 0.320. The first kappa shape index (κ1) is 30.2. The molecule has 1 aliphatic heterocycles.